The normalized spacial score (nSPS) is 11.4. The Balaban J connectivity index is 1.67. The van der Waals surface area contributed by atoms with E-state index in [4.69, 9.17) is 4.74 Å². The Bertz CT molecular complexity index is 1280. The van der Waals surface area contributed by atoms with Crippen molar-refractivity contribution in [2.45, 2.75) is 6.18 Å². The molecule has 0 fully saturated rings. The predicted molar refractivity (Wildman–Crippen MR) is 111 cm³/mol. The van der Waals surface area contributed by atoms with Crippen molar-refractivity contribution in [3.8, 4) is 22.7 Å². The first-order chi connectivity index (χ1) is 15.3. The van der Waals surface area contributed by atoms with Crippen LogP contribution < -0.4 is 10.1 Å². The van der Waals surface area contributed by atoms with Gasteiger partial charge in [0.1, 0.15) is 17.3 Å². The average Bonchev–Trinajstić information content (AvgIpc) is 3.41. The second-order valence-corrected chi connectivity index (χ2v) is 7.32. The number of hydrogen-bond acceptors (Lipinski definition) is 5. The number of carbonyl (C=O) groups excluding carboxylic acids is 1. The minimum atomic E-state index is -4.96. The summed E-state index contributed by atoms with van der Waals surface area (Å²) < 4.78 is 61.1. The van der Waals surface area contributed by atoms with Crippen LogP contribution in [0.15, 0.2) is 60.1 Å². The number of alkyl halides is 3. The molecule has 0 spiro atoms. The Labute approximate surface area is 183 Å². The Kier molecular flexibility index (Phi) is 5.66. The van der Waals surface area contributed by atoms with Gasteiger partial charge in [0, 0.05) is 10.9 Å². The monoisotopic (exact) mass is 462 g/mol. The minimum Gasteiger partial charge on any atom is -0.496 e. The third-order valence-electron chi connectivity index (χ3n) is 4.47. The van der Waals surface area contributed by atoms with Crippen LogP contribution in [0.25, 0.3) is 16.9 Å². The predicted octanol–water partition coefficient (Wildman–Crippen LogP) is 5.41. The molecule has 0 saturated heterocycles. The summed E-state index contributed by atoms with van der Waals surface area (Å²) in [7, 11) is 1.50. The summed E-state index contributed by atoms with van der Waals surface area (Å²) in [5.74, 6) is -1.42. The van der Waals surface area contributed by atoms with Crippen LogP contribution in [0, 0.1) is 5.82 Å². The molecule has 2 aromatic heterocycles. The largest absolute Gasteiger partial charge is 0.496 e. The molecule has 0 atom stereocenters. The highest BCUT2D eigenvalue weighted by Crippen LogP contribution is 2.35. The quantitative estimate of drug-likeness (QED) is 0.403. The van der Waals surface area contributed by atoms with Crippen LogP contribution in [-0.2, 0) is 6.18 Å². The molecule has 1 amide bonds. The van der Waals surface area contributed by atoms with Crippen LogP contribution in [0.5, 0.6) is 5.75 Å². The van der Waals surface area contributed by atoms with E-state index in [1.807, 2.05) is 0 Å². The Hall–Kier alpha value is -3.73. The maximum absolute atomic E-state index is 14.1. The average molecular weight is 462 g/mol. The lowest BCUT2D eigenvalue weighted by Gasteiger charge is -2.13. The number of methoxy groups -OCH3 is 1. The summed E-state index contributed by atoms with van der Waals surface area (Å²) in [6, 6.07) is 11.9. The van der Waals surface area contributed by atoms with Crippen LogP contribution in [0.3, 0.4) is 0 Å². The van der Waals surface area contributed by atoms with E-state index in [2.05, 4.69) is 15.4 Å². The zero-order chi connectivity index (χ0) is 22.9. The lowest BCUT2D eigenvalue weighted by Crippen LogP contribution is -2.21. The molecule has 4 rings (SSSR count). The molecule has 0 aliphatic rings. The van der Waals surface area contributed by atoms with E-state index in [-0.39, 0.29) is 5.13 Å². The highest BCUT2D eigenvalue weighted by atomic mass is 32.1. The summed E-state index contributed by atoms with van der Waals surface area (Å²) in [4.78, 5) is 16.9. The van der Waals surface area contributed by atoms with Crippen molar-refractivity contribution in [1.82, 2.24) is 14.8 Å². The fraction of sp³-hybridized carbons (Fsp3) is 0.0952. The molecule has 11 heteroatoms. The van der Waals surface area contributed by atoms with E-state index >= 15 is 0 Å². The van der Waals surface area contributed by atoms with Crippen molar-refractivity contribution in [2.75, 3.05) is 12.4 Å². The number of nitrogens with zero attached hydrogens (tertiary/aromatic N) is 3. The number of nitrogens with one attached hydrogen (secondary N) is 1. The fourth-order valence-electron chi connectivity index (χ4n) is 3.07. The van der Waals surface area contributed by atoms with Gasteiger partial charge < -0.3 is 4.74 Å². The molecule has 0 aliphatic heterocycles. The second-order valence-electron chi connectivity index (χ2n) is 6.46. The first kappa shape index (κ1) is 21.5. The number of thiazole rings is 1. The van der Waals surface area contributed by atoms with Gasteiger partial charge in [-0.3, -0.25) is 10.1 Å². The second kappa shape index (κ2) is 8.42. The fourth-order valence-corrected chi connectivity index (χ4v) is 3.77. The number of amides is 1. The Morgan fingerprint density at radius 2 is 1.84 bits per heavy atom. The van der Waals surface area contributed by atoms with Crippen LogP contribution in [0.4, 0.5) is 22.7 Å². The molecule has 0 saturated carbocycles. The lowest BCUT2D eigenvalue weighted by atomic mass is 10.1. The van der Waals surface area contributed by atoms with Gasteiger partial charge in [-0.25, -0.2) is 14.1 Å². The van der Waals surface area contributed by atoms with E-state index in [1.54, 1.807) is 29.6 Å². The summed E-state index contributed by atoms with van der Waals surface area (Å²) in [5.41, 5.74) is -1.42. The smallest absolute Gasteiger partial charge is 0.434 e. The topological polar surface area (TPSA) is 69.0 Å². The molecule has 32 heavy (non-hydrogen) atoms. The number of anilines is 1. The third-order valence-corrected chi connectivity index (χ3v) is 5.23. The maximum Gasteiger partial charge on any atom is 0.434 e. The van der Waals surface area contributed by atoms with Crippen molar-refractivity contribution in [3.63, 3.8) is 0 Å². The Morgan fingerprint density at radius 1 is 1.12 bits per heavy atom. The van der Waals surface area contributed by atoms with Crippen molar-refractivity contribution in [1.29, 1.82) is 0 Å². The third kappa shape index (κ3) is 4.06. The molecule has 1 N–H and O–H groups in total. The van der Waals surface area contributed by atoms with E-state index < -0.39 is 34.8 Å². The van der Waals surface area contributed by atoms with Gasteiger partial charge in [0.15, 0.2) is 10.8 Å². The summed E-state index contributed by atoms with van der Waals surface area (Å²) in [6.45, 7) is 0. The van der Waals surface area contributed by atoms with E-state index in [9.17, 15) is 22.4 Å². The van der Waals surface area contributed by atoms with Crippen molar-refractivity contribution in [3.05, 3.63) is 77.2 Å². The molecule has 0 unspecified atom stereocenters. The van der Waals surface area contributed by atoms with Gasteiger partial charge in [0.2, 0.25) is 0 Å². The molecule has 2 heterocycles. The maximum atomic E-state index is 14.1. The highest BCUT2D eigenvalue weighted by molar-refractivity contribution is 7.14. The van der Waals surface area contributed by atoms with Crippen molar-refractivity contribution < 1.29 is 27.1 Å². The van der Waals surface area contributed by atoms with E-state index in [1.165, 1.54) is 19.2 Å². The molecular weight excluding hydrogens is 448 g/mol. The summed E-state index contributed by atoms with van der Waals surface area (Å²) in [6.07, 6.45) is -4.21. The zero-order valence-electron chi connectivity index (χ0n) is 16.4. The van der Waals surface area contributed by atoms with Crippen molar-refractivity contribution >= 4 is 22.4 Å². The van der Waals surface area contributed by atoms with Gasteiger partial charge in [-0.05, 0) is 24.3 Å². The number of ether oxygens (including phenoxy) is 1. The van der Waals surface area contributed by atoms with Gasteiger partial charge in [-0.1, -0.05) is 24.3 Å². The van der Waals surface area contributed by atoms with Gasteiger partial charge in [-0.2, -0.15) is 18.3 Å². The molecular formula is C21H14F4N4O2S. The highest BCUT2D eigenvalue weighted by Gasteiger charge is 2.41. The number of para-hydroxylation sites is 2. The van der Waals surface area contributed by atoms with E-state index in [0.717, 1.165) is 29.7 Å². The SMILES string of the molecule is COc1ccccc1-c1csc(NC(=O)c2cnn(-c3ccccc3F)c2C(F)(F)F)n1. The van der Waals surface area contributed by atoms with Crippen molar-refractivity contribution in [2.24, 2.45) is 0 Å². The van der Waals surface area contributed by atoms with Gasteiger partial charge in [0.05, 0.1) is 24.6 Å². The number of hydrogen-bond donors (Lipinski definition) is 1. The van der Waals surface area contributed by atoms with Gasteiger partial charge in [-0.15, -0.1) is 11.3 Å². The van der Waals surface area contributed by atoms with E-state index in [0.29, 0.717) is 21.7 Å². The first-order valence-electron chi connectivity index (χ1n) is 9.10. The molecule has 0 aliphatic carbocycles. The number of halogens is 4. The van der Waals surface area contributed by atoms with Crippen LogP contribution >= 0.6 is 11.3 Å². The minimum absolute atomic E-state index is 0.0858. The van der Waals surface area contributed by atoms with Gasteiger partial charge in [0.25, 0.3) is 5.91 Å². The number of benzene rings is 2. The zero-order valence-corrected chi connectivity index (χ0v) is 17.2. The number of aromatic nitrogens is 3. The summed E-state index contributed by atoms with van der Waals surface area (Å²) >= 11 is 1.04. The molecule has 0 bridgehead atoms. The van der Waals surface area contributed by atoms with Crippen LogP contribution in [0.2, 0.25) is 0 Å². The molecule has 164 valence electrons. The van der Waals surface area contributed by atoms with Crippen LogP contribution in [-0.4, -0.2) is 27.8 Å². The number of carbonyl (C=O) groups is 1. The number of rotatable bonds is 5. The summed E-state index contributed by atoms with van der Waals surface area (Å²) in [5, 5.41) is 7.70. The molecule has 0 radical (unpaired) electrons. The Morgan fingerprint density at radius 3 is 2.56 bits per heavy atom. The molecule has 4 aromatic rings. The van der Waals surface area contributed by atoms with Gasteiger partial charge >= 0.3 is 6.18 Å². The standard InChI is InChI=1S/C21H14F4N4O2S/c1-31-17-9-5-2-6-12(17)15-11-32-20(27-15)28-19(30)13-10-26-29(18(13)21(23,24)25)16-8-4-3-7-14(16)22/h2-11H,1H3,(H,27,28,30). The van der Waals surface area contributed by atoms with Crippen LogP contribution in [0.1, 0.15) is 16.1 Å². The first-order valence-corrected chi connectivity index (χ1v) is 9.98. The molecule has 2 aromatic carbocycles. The lowest BCUT2D eigenvalue weighted by molar-refractivity contribution is -0.143. The molecule has 6 nitrogen and oxygen atoms in total.